The summed E-state index contributed by atoms with van der Waals surface area (Å²) in [5.41, 5.74) is 23.4. The standard InChI is InChI=1S/C73H47NO/c75-69-42-41-59-58-40-39-54(51-25-17-27-55(44-51)67-36-18-26-52(46-68(74-67)48-20-3-1-4-21-48)53-38-37-47-19-7-8-24-50(47)43-53)45-66(58)73(71(59)70(69)49-22-5-2-6-23-49)64-34-15-13-32-62(64)72(63-33-14-16-35-65(63)73)60-30-11-9-28-56(60)57-29-10-12-31-61(57)72/h1-46,75H/b26-18+,36-18?,52-26?,52-46+,67-36+,68-46?,74-67?,74-68+. The second-order valence-electron chi connectivity index (χ2n) is 20.2. The molecule has 0 radical (unpaired) electrons. The van der Waals surface area contributed by atoms with Crippen LogP contribution in [0.2, 0.25) is 0 Å². The Balaban J connectivity index is 0.944. The first-order chi connectivity index (χ1) is 37.1. The minimum Gasteiger partial charge on any atom is -0.507 e. The maximum absolute atomic E-state index is 12.4. The second kappa shape index (κ2) is 16.7. The molecule has 0 saturated heterocycles. The molecule has 75 heavy (non-hydrogen) atoms. The van der Waals surface area contributed by atoms with Crippen molar-refractivity contribution in [2.45, 2.75) is 10.8 Å². The van der Waals surface area contributed by atoms with E-state index in [4.69, 9.17) is 4.99 Å². The molecule has 2 nitrogen and oxygen atoms in total. The van der Waals surface area contributed by atoms with Crippen LogP contribution < -0.4 is 0 Å². The Hall–Kier alpha value is -9.63. The van der Waals surface area contributed by atoms with Gasteiger partial charge in [0.1, 0.15) is 5.75 Å². The summed E-state index contributed by atoms with van der Waals surface area (Å²) in [6.07, 6.45) is 8.71. The van der Waals surface area contributed by atoms with Crippen molar-refractivity contribution in [1.29, 1.82) is 0 Å². The third-order valence-corrected chi connectivity index (χ3v) is 16.5. The van der Waals surface area contributed by atoms with Crippen molar-refractivity contribution in [2.75, 3.05) is 0 Å². The van der Waals surface area contributed by atoms with Crippen LogP contribution in [0, 0.1) is 0 Å². The molecule has 15 rings (SSSR count). The van der Waals surface area contributed by atoms with Crippen molar-refractivity contribution < 1.29 is 5.11 Å². The van der Waals surface area contributed by atoms with Gasteiger partial charge in [0.15, 0.2) is 0 Å². The largest absolute Gasteiger partial charge is 0.507 e. The van der Waals surface area contributed by atoms with Gasteiger partial charge in [-0.1, -0.05) is 243 Å². The molecule has 3 aliphatic carbocycles. The van der Waals surface area contributed by atoms with E-state index in [0.717, 1.165) is 72.6 Å². The minimum absolute atomic E-state index is 0.267. The van der Waals surface area contributed by atoms with Crippen molar-refractivity contribution in [3.05, 3.63) is 340 Å². The first kappa shape index (κ1) is 43.0. The van der Waals surface area contributed by atoms with Crippen LogP contribution in [0.25, 0.3) is 66.6 Å². The van der Waals surface area contributed by atoms with Crippen molar-refractivity contribution in [1.82, 2.24) is 0 Å². The third-order valence-electron chi connectivity index (χ3n) is 16.5. The van der Waals surface area contributed by atoms with Crippen molar-refractivity contribution in [2.24, 2.45) is 4.99 Å². The van der Waals surface area contributed by atoms with E-state index < -0.39 is 10.8 Å². The van der Waals surface area contributed by atoms with E-state index in [1.807, 2.05) is 6.07 Å². The van der Waals surface area contributed by atoms with Gasteiger partial charge in [0.2, 0.25) is 0 Å². The van der Waals surface area contributed by atoms with E-state index in [1.165, 1.54) is 60.8 Å². The van der Waals surface area contributed by atoms with Gasteiger partial charge in [0.25, 0.3) is 0 Å². The highest BCUT2D eigenvalue weighted by Crippen LogP contribution is 2.69. The summed E-state index contributed by atoms with van der Waals surface area (Å²) < 4.78 is 0. The Bertz CT molecular complexity index is 4210. The zero-order chi connectivity index (χ0) is 49.7. The van der Waals surface area contributed by atoms with Crippen LogP contribution in [0.5, 0.6) is 5.75 Å². The van der Waals surface area contributed by atoms with E-state index in [1.54, 1.807) is 0 Å². The number of hydrogen-bond acceptors (Lipinski definition) is 2. The van der Waals surface area contributed by atoms with Gasteiger partial charge in [-0.2, -0.15) is 0 Å². The Morgan fingerprint density at radius 1 is 0.333 bits per heavy atom. The summed E-state index contributed by atoms with van der Waals surface area (Å²) >= 11 is 0. The third kappa shape index (κ3) is 6.24. The topological polar surface area (TPSA) is 32.6 Å². The van der Waals surface area contributed by atoms with Crippen molar-refractivity contribution in [3.63, 3.8) is 0 Å². The average molecular weight is 954 g/mol. The summed E-state index contributed by atoms with van der Waals surface area (Å²) in [6.45, 7) is 0. The maximum Gasteiger partial charge on any atom is 0.123 e. The quantitative estimate of drug-likeness (QED) is 0.183. The lowest BCUT2D eigenvalue weighted by atomic mass is 9.52. The van der Waals surface area contributed by atoms with Crippen LogP contribution in [-0.4, -0.2) is 10.8 Å². The van der Waals surface area contributed by atoms with E-state index in [2.05, 4.69) is 273 Å². The second-order valence-corrected chi connectivity index (χ2v) is 20.2. The number of aromatic hydroxyl groups is 1. The number of rotatable bonds is 5. The van der Waals surface area contributed by atoms with Crippen LogP contribution in [0.4, 0.5) is 0 Å². The molecule has 11 aromatic rings. The highest BCUT2D eigenvalue weighted by Gasteiger charge is 2.59. The van der Waals surface area contributed by atoms with Crippen LogP contribution in [0.1, 0.15) is 61.2 Å². The van der Waals surface area contributed by atoms with Gasteiger partial charge < -0.3 is 5.11 Å². The zero-order valence-corrected chi connectivity index (χ0v) is 41.0. The SMILES string of the molecule is Oc1ccc2c(c1-c1ccccc1)C1(c3cc(-c4cccc(C5=C\C=C\C(c6ccc7ccccc7c6)=C/C(c6ccccc6)=N\5)c4)ccc3-2)c2ccccc2C2(c3ccccc3-c3ccccc32)c2ccccc21. The Morgan fingerprint density at radius 3 is 1.55 bits per heavy atom. The van der Waals surface area contributed by atoms with Gasteiger partial charge in [-0.3, -0.25) is 0 Å². The maximum atomic E-state index is 12.4. The van der Waals surface area contributed by atoms with E-state index in [9.17, 15) is 5.11 Å². The Morgan fingerprint density at radius 2 is 0.853 bits per heavy atom. The van der Waals surface area contributed by atoms with Crippen molar-refractivity contribution >= 4 is 27.8 Å². The molecule has 0 atom stereocenters. The van der Waals surface area contributed by atoms with Gasteiger partial charge in [-0.25, -0.2) is 4.99 Å². The molecule has 1 heterocycles. The summed E-state index contributed by atoms with van der Waals surface area (Å²) in [6, 6.07) is 92.5. The number of aliphatic imine (C=N–C) groups is 1. The molecular weight excluding hydrogens is 907 g/mol. The van der Waals surface area contributed by atoms with Gasteiger partial charge in [0, 0.05) is 16.7 Å². The van der Waals surface area contributed by atoms with E-state index in [-0.39, 0.29) is 5.75 Å². The lowest BCUT2D eigenvalue weighted by Crippen LogP contribution is -2.44. The smallest absolute Gasteiger partial charge is 0.123 e. The van der Waals surface area contributed by atoms with Crippen molar-refractivity contribution in [3.8, 4) is 50.3 Å². The average Bonchev–Trinajstić information content (AvgIpc) is 4.00. The fourth-order valence-corrected chi connectivity index (χ4v) is 13.4. The normalized spacial score (nSPS) is 17.4. The van der Waals surface area contributed by atoms with Crippen LogP contribution in [-0.2, 0) is 10.8 Å². The summed E-state index contributed by atoms with van der Waals surface area (Å²) in [4.78, 5) is 5.49. The number of phenolic OH excluding ortho intramolecular Hbond substituents is 1. The van der Waals surface area contributed by atoms with E-state index in [0.29, 0.717) is 0 Å². The fourth-order valence-electron chi connectivity index (χ4n) is 13.4. The number of phenols is 1. The Kier molecular flexibility index (Phi) is 9.58. The summed E-state index contributed by atoms with van der Waals surface area (Å²) in [5, 5.41) is 14.8. The molecule has 11 aromatic carbocycles. The minimum atomic E-state index is -0.829. The summed E-state index contributed by atoms with van der Waals surface area (Å²) in [5.74, 6) is 0.267. The molecule has 350 valence electrons. The number of fused-ring (bicyclic) bond motifs is 17. The lowest BCUT2D eigenvalue weighted by Gasteiger charge is -2.49. The van der Waals surface area contributed by atoms with Crippen LogP contribution in [0.15, 0.2) is 284 Å². The molecule has 0 bridgehead atoms. The van der Waals surface area contributed by atoms with Gasteiger partial charge in [-0.15, -0.1) is 0 Å². The van der Waals surface area contributed by atoms with Gasteiger partial charge in [-0.05, 0) is 142 Å². The Labute approximate surface area is 437 Å². The number of allylic oxidation sites excluding steroid dienone is 5. The predicted molar refractivity (Wildman–Crippen MR) is 309 cm³/mol. The summed E-state index contributed by atoms with van der Waals surface area (Å²) in [7, 11) is 0. The zero-order valence-electron chi connectivity index (χ0n) is 41.0. The number of benzene rings is 11. The van der Waals surface area contributed by atoms with Gasteiger partial charge in [0.05, 0.1) is 22.2 Å². The van der Waals surface area contributed by atoms with E-state index >= 15 is 0 Å². The van der Waals surface area contributed by atoms with Gasteiger partial charge >= 0.3 is 0 Å². The molecular formula is C73H47NO. The molecule has 0 unspecified atom stereocenters. The predicted octanol–water partition coefficient (Wildman–Crippen LogP) is 17.4. The molecule has 2 heteroatoms. The monoisotopic (exact) mass is 953 g/mol. The highest BCUT2D eigenvalue weighted by atomic mass is 16.3. The van der Waals surface area contributed by atoms with Crippen LogP contribution >= 0.6 is 0 Å². The van der Waals surface area contributed by atoms with Crippen LogP contribution in [0.3, 0.4) is 0 Å². The first-order valence-corrected chi connectivity index (χ1v) is 25.9. The number of hydrogen-bond donors (Lipinski definition) is 1. The number of nitrogens with zero attached hydrogens (tertiary/aromatic N) is 1. The fraction of sp³-hybridized carbons (Fsp3) is 0.0274. The highest BCUT2D eigenvalue weighted by molar-refractivity contribution is 6.15. The molecule has 4 aliphatic rings. The molecule has 0 aromatic heterocycles. The molecule has 1 N–H and O–H groups in total. The molecule has 2 spiro atoms. The molecule has 0 fully saturated rings. The lowest BCUT2D eigenvalue weighted by molar-refractivity contribution is 0.476. The first-order valence-electron chi connectivity index (χ1n) is 25.9. The molecule has 1 aliphatic heterocycles. The molecule has 0 saturated carbocycles. The molecule has 0 amide bonds.